The number of amides is 1. The van der Waals surface area contributed by atoms with Crippen molar-refractivity contribution in [3.05, 3.63) is 35.9 Å². The molecule has 2 saturated heterocycles. The van der Waals surface area contributed by atoms with Gasteiger partial charge in [-0.15, -0.1) is 0 Å². The van der Waals surface area contributed by atoms with Crippen LogP contribution in [0, 0.1) is 0 Å². The number of sulfonamides is 1. The molecule has 1 aliphatic carbocycles. The molecule has 0 N–H and O–H groups in total. The van der Waals surface area contributed by atoms with Gasteiger partial charge in [-0.2, -0.15) is 4.31 Å². The van der Waals surface area contributed by atoms with Crippen molar-refractivity contribution in [3.8, 4) is 0 Å². The van der Waals surface area contributed by atoms with E-state index in [1.165, 1.54) is 0 Å². The zero-order valence-corrected chi connectivity index (χ0v) is 20.1. The molecule has 2 aliphatic heterocycles. The highest BCUT2D eigenvalue weighted by atomic mass is 32.2. The number of carbonyl (C=O) groups is 1. The first kappa shape index (κ1) is 23.5. The van der Waals surface area contributed by atoms with Crippen LogP contribution in [-0.2, 0) is 14.8 Å². The molecule has 1 aromatic rings. The highest BCUT2D eigenvalue weighted by molar-refractivity contribution is 7.89. The molecule has 0 unspecified atom stereocenters. The van der Waals surface area contributed by atoms with Crippen molar-refractivity contribution in [3.63, 3.8) is 0 Å². The van der Waals surface area contributed by atoms with Crippen molar-refractivity contribution in [1.29, 1.82) is 0 Å². The van der Waals surface area contributed by atoms with Crippen molar-refractivity contribution >= 4 is 22.0 Å². The Morgan fingerprint density at radius 1 is 0.938 bits per heavy atom. The summed E-state index contributed by atoms with van der Waals surface area (Å²) in [4.78, 5) is 17.9. The molecule has 1 amide bonds. The quantitative estimate of drug-likeness (QED) is 0.583. The first-order valence-corrected chi connectivity index (χ1v) is 13.8. The Kier molecular flexibility index (Phi) is 7.69. The Balaban J connectivity index is 1.40. The van der Waals surface area contributed by atoms with Gasteiger partial charge in [0, 0.05) is 44.3 Å². The second-order valence-electron chi connectivity index (χ2n) is 9.36. The van der Waals surface area contributed by atoms with Crippen LogP contribution in [0.4, 0.5) is 0 Å². The topological polar surface area (TPSA) is 60.9 Å². The van der Waals surface area contributed by atoms with Gasteiger partial charge in [-0.05, 0) is 68.8 Å². The molecule has 3 aliphatic rings. The van der Waals surface area contributed by atoms with Crippen LogP contribution in [0.15, 0.2) is 35.2 Å². The maximum atomic E-state index is 13.0. The summed E-state index contributed by atoms with van der Waals surface area (Å²) in [5.41, 5.74) is 0.852. The molecule has 0 bridgehead atoms. The summed E-state index contributed by atoms with van der Waals surface area (Å²) in [5.74, 6) is 0.0868. The van der Waals surface area contributed by atoms with E-state index in [2.05, 4.69) is 16.7 Å². The van der Waals surface area contributed by atoms with E-state index in [0.717, 1.165) is 76.6 Å². The molecule has 6 nitrogen and oxygen atoms in total. The van der Waals surface area contributed by atoms with E-state index >= 15 is 0 Å². The number of hydrogen-bond acceptors (Lipinski definition) is 4. The number of benzene rings is 1. The Bertz CT molecular complexity index is 893. The predicted octanol–water partition coefficient (Wildman–Crippen LogP) is 3.74. The lowest BCUT2D eigenvalue weighted by molar-refractivity contribution is -0.129. The zero-order chi connectivity index (χ0) is 22.6. The van der Waals surface area contributed by atoms with Gasteiger partial charge in [0.05, 0.1) is 4.90 Å². The molecule has 4 rings (SSSR count). The average molecular weight is 460 g/mol. The molecular formula is C25H37N3O3S. The minimum absolute atomic E-state index is 0.0868. The van der Waals surface area contributed by atoms with Crippen molar-refractivity contribution in [1.82, 2.24) is 14.1 Å². The third kappa shape index (κ3) is 5.61. The molecule has 2 heterocycles. The van der Waals surface area contributed by atoms with Gasteiger partial charge in [-0.3, -0.25) is 4.79 Å². The molecule has 0 spiro atoms. The summed E-state index contributed by atoms with van der Waals surface area (Å²) < 4.78 is 27.5. The van der Waals surface area contributed by atoms with Crippen molar-refractivity contribution < 1.29 is 13.2 Å². The Morgan fingerprint density at radius 2 is 1.53 bits per heavy atom. The highest BCUT2D eigenvalue weighted by Crippen LogP contribution is 2.32. The van der Waals surface area contributed by atoms with Gasteiger partial charge in [0.1, 0.15) is 0 Å². The van der Waals surface area contributed by atoms with Crippen LogP contribution in [0.2, 0.25) is 0 Å². The lowest BCUT2D eigenvalue weighted by atomic mass is 10.0. The second kappa shape index (κ2) is 10.5. The maximum absolute atomic E-state index is 13.0. The first-order chi connectivity index (χ1) is 15.5. The number of hydrogen-bond donors (Lipinski definition) is 0. The summed E-state index contributed by atoms with van der Waals surface area (Å²) in [6.45, 7) is 6.60. The minimum Gasteiger partial charge on any atom is -0.333 e. The number of rotatable bonds is 7. The molecule has 7 heteroatoms. The largest absolute Gasteiger partial charge is 0.333 e. The summed E-state index contributed by atoms with van der Waals surface area (Å²) >= 11 is 0. The van der Waals surface area contributed by atoms with E-state index in [1.54, 1.807) is 34.6 Å². The fourth-order valence-electron chi connectivity index (χ4n) is 4.96. The molecule has 0 atom stereocenters. The Morgan fingerprint density at radius 3 is 2.09 bits per heavy atom. The lowest BCUT2D eigenvalue weighted by Crippen LogP contribution is -2.47. The smallest absolute Gasteiger partial charge is 0.247 e. The van der Waals surface area contributed by atoms with Crippen LogP contribution in [0.1, 0.15) is 63.9 Å². The molecule has 0 radical (unpaired) electrons. The minimum atomic E-state index is -3.44. The molecule has 1 aromatic carbocycles. The number of likely N-dealkylation sites (tertiary alicyclic amines) is 1. The van der Waals surface area contributed by atoms with E-state index in [9.17, 15) is 13.2 Å². The standard InChI is InChI=1S/C25H37N3O3S/c1-2-26-19-15-23(16-20-26)28(22-10-11-22)25(29)14-9-21-7-12-24(13-8-21)32(30,31)27-17-5-3-4-6-18-27/h7-9,12-14,22-23H,2-6,10-11,15-20H2,1H3. The van der Waals surface area contributed by atoms with E-state index < -0.39 is 10.0 Å². The van der Waals surface area contributed by atoms with Gasteiger partial charge in [-0.25, -0.2) is 8.42 Å². The summed E-state index contributed by atoms with van der Waals surface area (Å²) in [6, 6.07) is 7.67. The van der Waals surface area contributed by atoms with Gasteiger partial charge >= 0.3 is 0 Å². The fraction of sp³-hybridized carbons (Fsp3) is 0.640. The van der Waals surface area contributed by atoms with Crippen molar-refractivity contribution in [2.45, 2.75) is 75.3 Å². The zero-order valence-electron chi connectivity index (χ0n) is 19.3. The Labute approximate surface area is 193 Å². The molecule has 176 valence electrons. The monoisotopic (exact) mass is 459 g/mol. The van der Waals surface area contributed by atoms with E-state index in [0.29, 0.717) is 30.1 Å². The van der Waals surface area contributed by atoms with Crippen LogP contribution in [0.5, 0.6) is 0 Å². The van der Waals surface area contributed by atoms with Gasteiger partial charge < -0.3 is 9.80 Å². The Hall–Kier alpha value is -1.70. The van der Waals surface area contributed by atoms with Gasteiger partial charge in [0.2, 0.25) is 15.9 Å². The van der Waals surface area contributed by atoms with Crippen molar-refractivity contribution in [2.75, 3.05) is 32.7 Å². The third-order valence-corrected chi connectivity index (χ3v) is 9.01. The van der Waals surface area contributed by atoms with E-state index in [1.807, 2.05) is 6.08 Å². The first-order valence-electron chi connectivity index (χ1n) is 12.3. The fourth-order valence-corrected chi connectivity index (χ4v) is 6.48. The second-order valence-corrected chi connectivity index (χ2v) is 11.3. The molecule has 1 saturated carbocycles. The SMILES string of the molecule is CCN1CCC(N(C(=O)C=Cc2ccc(S(=O)(=O)N3CCCCCC3)cc2)C2CC2)CC1. The summed E-state index contributed by atoms with van der Waals surface area (Å²) in [6.07, 6.45) is 11.9. The maximum Gasteiger partial charge on any atom is 0.247 e. The van der Waals surface area contributed by atoms with Crippen LogP contribution >= 0.6 is 0 Å². The highest BCUT2D eigenvalue weighted by Gasteiger charge is 2.37. The van der Waals surface area contributed by atoms with Crippen LogP contribution in [-0.4, -0.2) is 73.2 Å². The van der Waals surface area contributed by atoms with E-state index in [-0.39, 0.29) is 5.91 Å². The molecular weight excluding hydrogens is 422 g/mol. The van der Waals surface area contributed by atoms with Crippen molar-refractivity contribution in [2.24, 2.45) is 0 Å². The molecule has 32 heavy (non-hydrogen) atoms. The number of carbonyl (C=O) groups excluding carboxylic acids is 1. The molecule has 3 fully saturated rings. The average Bonchev–Trinajstić information content (AvgIpc) is 3.66. The summed E-state index contributed by atoms with van der Waals surface area (Å²) in [5, 5.41) is 0. The van der Waals surface area contributed by atoms with Crippen LogP contribution < -0.4 is 0 Å². The third-order valence-electron chi connectivity index (χ3n) is 7.09. The van der Waals surface area contributed by atoms with Crippen LogP contribution in [0.3, 0.4) is 0 Å². The van der Waals surface area contributed by atoms with Gasteiger partial charge in [0.25, 0.3) is 0 Å². The number of nitrogens with zero attached hydrogens (tertiary/aromatic N) is 3. The molecule has 0 aromatic heterocycles. The lowest BCUT2D eigenvalue weighted by Gasteiger charge is -2.38. The normalized spacial score (nSPS) is 22.2. The number of piperidine rings is 1. The van der Waals surface area contributed by atoms with Gasteiger partial charge in [0.15, 0.2) is 0 Å². The predicted molar refractivity (Wildman–Crippen MR) is 128 cm³/mol. The van der Waals surface area contributed by atoms with Gasteiger partial charge in [-0.1, -0.05) is 31.9 Å². The summed E-state index contributed by atoms with van der Waals surface area (Å²) in [7, 11) is -3.44. The van der Waals surface area contributed by atoms with Crippen LogP contribution in [0.25, 0.3) is 6.08 Å². The van der Waals surface area contributed by atoms with E-state index in [4.69, 9.17) is 0 Å².